The number of rotatable bonds is 8. The first kappa shape index (κ1) is 23.4. The molecule has 0 unspecified atom stereocenters. The summed E-state index contributed by atoms with van der Waals surface area (Å²) in [6, 6.07) is 4.94. The van der Waals surface area contributed by atoms with Crippen molar-refractivity contribution in [1.29, 1.82) is 0 Å². The molecule has 1 aliphatic heterocycles. The van der Waals surface area contributed by atoms with Crippen molar-refractivity contribution in [2.24, 2.45) is 11.8 Å². The molecule has 1 aromatic carbocycles. The predicted octanol–water partition coefficient (Wildman–Crippen LogP) is 3.78. The zero-order chi connectivity index (χ0) is 25.1. The van der Waals surface area contributed by atoms with Crippen LogP contribution in [0.2, 0.25) is 0 Å². The Balaban J connectivity index is 1.26. The smallest absolute Gasteiger partial charge is 0.422 e. The van der Waals surface area contributed by atoms with Crippen LogP contribution in [0.3, 0.4) is 0 Å². The van der Waals surface area contributed by atoms with Crippen LogP contribution in [-0.2, 0) is 36.3 Å². The van der Waals surface area contributed by atoms with Crippen molar-refractivity contribution in [3.63, 3.8) is 0 Å². The summed E-state index contributed by atoms with van der Waals surface area (Å²) < 4.78 is 44.5. The van der Waals surface area contributed by atoms with Crippen molar-refractivity contribution in [1.82, 2.24) is 20.4 Å². The lowest BCUT2D eigenvalue weighted by Crippen LogP contribution is -2.50. The van der Waals surface area contributed by atoms with Crippen molar-refractivity contribution in [3.8, 4) is 5.75 Å². The fourth-order valence-electron chi connectivity index (χ4n) is 5.58. The SMILES string of the molecule is O=C1N[C@@]2(CCc3cc(OCC(F)(F)F)ccc32)Cc2nn(CCC3CC3)c(CNC(=O)C3CC3)c21. The minimum Gasteiger partial charge on any atom is -0.484 e. The molecule has 2 saturated carbocycles. The number of fused-ring (bicyclic) bond motifs is 3. The third-order valence-corrected chi connectivity index (χ3v) is 7.82. The maximum Gasteiger partial charge on any atom is 0.422 e. The van der Waals surface area contributed by atoms with E-state index in [9.17, 15) is 22.8 Å². The number of alkyl halides is 3. The first-order valence-electron chi connectivity index (χ1n) is 12.7. The van der Waals surface area contributed by atoms with E-state index >= 15 is 0 Å². The standard InChI is InChI=1S/C26H29F3N4O3/c27-26(28,29)14-36-18-5-6-19-17(11-18)7-9-25(19)12-20-22(24(35)31-25)21(13-30-23(34)16-3-4-16)33(32-20)10-8-15-1-2-15/h5-6,11,15-16H,1-4,7-10,12-14H2,(H,30,34)(H,31,35)/t25-/m0/s1. The van der Waals surface area contributed by atoms with Crippen LogP contribution < -0.4 is 15.4 Å². The second-order valence-corrected chi connectivity index (χ2v) is 10.7. The number of hydrogen-bond donors (Lipinski definition) is 2. The molecule has 6 rings (SSSR count). The highest BCUT2D eigenvalue weighted by Crippen LogP contribution is 2.44. The Morgan fingerprint density at radius 2 is 2.06 bits per heavy atom. The van der Waals surface area contributed by atoms with Crippen LogP contribution in [0.15, 0.2) is 18.2 Å². The van der Waals surface area contributed by atoms with Crippen LogP contribution in [0.4, 0.5) is 13.2 Å². The summed E-state index contributed by atoms with van der Waals surface area (Å²) >= 11 is 0. The van der Waals surface area contributed by atoms with E-state index in [2.05, 4.69) is 10.6 Å². The predicted molar refractivity (Wildman–Crippen MR) is 123 cm³/mol. The molecule has 1 atom stereocenters. The molecule has 3 aliphatic carbocycles. The number of aryl methyl sites for hydroxylation is 2. The van der Waals surface area contributed by atoms with Gasteiger partial charge in [-0.15, -0.1) is 0 Å². The summed E-state index contributed by atoms with van der Waals surface area (Å²) in [4.78, 5) is 25.8. The fraction of sp³-hybridized carbons (Fsp3) is 0.577. The number of nitrogens with zero attached hydrogens (tertiary/aromatic N) is 2. The van der Waals surface area contributed by atoms with Crippen LogP contribution in [0.25, 0.3) is 0 Å². The van der Waals surface area contributed by atoms with Gasteiger partial charge in [-0.1, -0.05) is 18.9 Å². The molecule has 7 nitrogen and oxygen atoms in total. The van der Waals surface area contributed by atoms with E-state index < -0.39 is 18.3 Å². The highest BCUT2D eigenvalue weighted by Gasteiger charge is 2.46. The van der Waals surface area contributed by atoms with Gasteiger partial charge >= 0.3 is 6.18 Å². The molecule has 1 spiro atoms. The van der Waals surface area contributed by atoms with Crippen molar-refractivity contribution in [2.75, 3.05) is 6.61 Å². The van der Waals surface area contributed by atoms with Gasteiger partial charge < -0.3 is 15.4 Å². The molecule has 0 bridgehead atoms. The summed E-state index contributed by atoms with van der Waals surface area (Å²) in [5, 5.41) is 11.1. The van der Waals surface area contributed by atoms with Crippen molar-refractivity contribution in [2.45, 2.75) is 76.2 Å². The second-order valence-electron chi connectivity index (χ2n) is 10.7. The number of hydrogen-bond acceptors (Lipinski definition) is 4. The van der Waals surface area contributed by atoms with Crippen molar-refractivity contribution in [3.05, 3.63) is 46.3 Å². The highest BCUT2D eigenvalue weighted by atomic mass is 19.4. The minimum absolute atomic E-state index is 0.0275. The van der Waals surface area contributed by atoms with E-state index in [0.717, 1.165) is 41.8 Å². The van der Waals surface area contributed by atoms with Gasteiger partial charge in [0, 0.05) is 18.9 Å². The molecule has 192 valence electrons. The number of halogens is 3. The van der Waals surface area contributed by atoms with E-state index in [1.165, 1.54) is 18.9 Å². The molecule has 10 heteroatoms. The average Bonchev–Trinajstić information content (AvgIpc) is 3.76. The average molecular weight is 503 g/mol. The Morgan fingerprint density at radius 3 is 2.78 bits per heavy atom. The Labute approximate surface area is 206 Å². The monoisotopic (exact) mass is 502 g/mol. The molecule has 2 aromatic rings. The summed E-state index contributed by atoms with van der Waals surface area (Å²) in [6.45, 7) is -0.350. The number of aromatic nitrogens is 2. The lowest BCUT2D eigenvalue weighted by Gasteiger charge is -2.35. The summed E-state index contributed by atoms with van der Waals surface area (Å²) in [5.41, 5.74) is 3.15. The molecular formula is C26H29F3N4O3. The second kappa shape index (κ2) is 8.52. The van der Waals surface area contributed by atoms with E-state index in [1.807, 2.05) is 4.68 Å². The number of carbonyl (C=O) groups is 2. The summed E-state index contributed by atoms with van der Waals surface area (Å²) in [7, 11) is 0. The molecule has 4 aliphatic rings. The molecule has 0 radical (unpaired) electrons. The quantitative estimate of drug-likeness (QED) is 0.576. The Hall–Kier alpha value is -3.04. The number of benzene rings is 1. The number of nitrogens with one attached hydrogen (secondary N) is 2. The lowest BCUT2D eigenvalue weighted by atomic mass is 9.82. The van der Waals surface area contributed by atoms with E-state index in [-0.39, 0.29) is 30.0 Å². The Bertz CT molecular complexity index is 1220. The topological polar surface area (TPSA) is 85.2 Å². The molecule has 2 heterocycles. The van der Waals surface area contributed by atoms with Crippen LogP contribution in [0.1, 0.15) is 71.4 Å². The normalized spacial score (nSPS) is 22.8. The first-order valence-corrected chi connectivity index (χ1v) is 12.7. The first-order chi connectivity index (χ1) is 17.2. The third-order valence-electron chi connectivity index (χ3n) is 7.82. The number of carbonyl (C=O) groups excluding carboxylic acids is 2. The molecular weight excluding hydrogens is 473 g/mol. The van der Waals surface area contributed by atoms with Gasteiger partial charge in [0.05, 0.1) is 29.0 Å². The maximum atomic E-state index is 13.5. The largest absolute Gasteiger partial charge is 0.484 e. The maximum absolute atomic E-state index is 13.5. The molecule has 36 heavy (non-hydrogen) atoms. The van der Waals surface area contributed by atoms with Gasteiger partial charge in [0.1, 0.15) is 5.75 Å². The van der Waals surface area contributed by atoms with Crippen LogP contribution >= 0.6 is 0 Å². The van der Waals surface area contributed by atoms with Gasteiger partial charge in [-0.25, -0.2) is 0 Å². The zero-order valence-corrected chi connectivity index (χ0v) is 19.9. The van der Waals surface area contributed by atoms with Crippen molar-refractivity contribution >= 4 is 11.8 Å². The van der Waals surface area contributed by atoms with Gasteiger partial charge in [-0.3, -0.25) is 14.3 Å². The lowest BCUT2D eigenvalue weighted by molar-refractivity contribution is -0.153. The number of ether oxygens (including phenoxy) is 1. The molecule has 0 saturated heterocycles. The summed E-state index contributed by atoms with van der Waals surface area (Å²) in [5.74, 6) is 0.773. The van der Waals surface area contributed by atoms with Gasteiger partial charge in [0.2, 0.25) is 5.91 Å². The molecule has 2 fully saturated rings. The highest BCUT2D eigenvalue weighted by molar-refractivity contribution is 5.98. The minimum atomic E-state index is -4.40. The van der Waals surface area contributed by atoms with E-state index in [4.69, 9.17) is 9.84 Å². The van der Waals surface area contributed by atoms with Gasteiger partial charge in [0.15, 0.2) is 6.61 Å². The molecule has 2 amide bonds. The van der Waals surface area contributed by atoms with Gasteiger partial charge in [0.25, 0.3) is 5.91 Å². The van der Waals surface area contributed by atoms with Gasteiger partial charge in [-0.2, -0.15) is 18.3 Å². The zero-order valence-electron chi connectivity index (χ0n) is 19.9. The van der Waals surface area contributed by atoms with Crippen LogP contribution in [0.5, 0.6) is 5.75 Å². The molecule has 2 N–H and O–H groups in total. The third kappa shape index (κ3) is 4.57. The molecule has 1 aromatic heterocycles. The van der Waals surface area contributed by atoms with E-state index in [0.29, 0.717) is 37.3 Å². The van der Waals surface area contributed by atoms with E-state index in [1.54, 1.807) is 12.1 Å². The number of amides is 2. The summed E-state index contributed by atoms with van der Waals surface area (Å²) in [6.07, 6.45) is 2.65. The van der Waals surface area contributed by atoms with Crippen molar-refractivity contribution < 1.29 is 27.5 Å². The van der Waals surface area contributed by atoms with Gasteiger partial charge in [-0.05, 0) is 61.3 Å². The van der Waals surface area contributed by atoms with Crippen LogP contribution in [0, 0.1) is 11.8 Å². The Kier molecular flexibility index (Phi) is 5.53. The Morgan fingerprint density at radius 1 is 1.25 bits per heavy atom. The van der Waals surface area contributed by atoms with Crippen LogP contribution in [-0.4, -0.2) is 34.4 Å². The fourth-order valence-corrected chi connectivity index (χ4v) is 5.58.